The number of aryl methyl sites for hydroxylation is 1. The fourth-order valence-corrected chi connectivity index (χ4v) is 1.39. The monoisotopic (exact) mass is 224 g/mol. The van der Waals surface area contributed by atoms with Gasteiger partial charge in [0.05, 0.1) is 0 Å². The minimum atomic E-state index is -1.49. The van der Waals surface area contributed by atoms with E-state index in [1.807, 2.05) is 0 Å². The third-order valence-corrected chi connectivity index (χ3v) is 2.24. The van der Waals surface area contributed by atoms with E-state index in [1.165, 1.54) is 18.6 Å². The first-order chi connectivity index (χ1) is 7.61. The van der Waals surface area contributed by atoms with Gasteiger partial charge >= 0.3 is 0 Å². The molecule has 0 atom stereocenters. The fraction of sp³-hybridized carbons (Fsp3) is 0.0909. The molecule has 2 aromatic rings. The summed E-state index contributed by atoms with van der Waals surface area (Å²) >= 11 is 0. The highest BCUT2D eigenvalue weighted by Crippen LogP contribution is 2.26. The van der Waals surface area contributed by atoms with Crippen LogP contribution >= 0.6 is 0 Å². The Morgan fingerprint density at radius 2 is 1.75 bits per heavy atom. The molecule has 1 aromatic carbocycles. The molecule has 16 heavy (non-hydrogen) atoms. The van der Waals surface area contributed by atoms with E-state index in [0.29, 0.717) is 11.3 Å². The molecule has 0 spiro atoms. The summed E-state index contributed by atoms with van der Waals surface area (Å²) in [5, 5.41) is 0. The molecule has 0 aliphatic carbocycles. The summed E-state index contributed by atoms with van der Waals surface area (Å²) in [5.74, 6) is -3.92. The Kier molecular flexibility index (Phi) is 2.60. The van der Waals surface area contributed by atoms with Crippen LogP contribution in [0.4, 0.5) is 13.2 Å². The van der Waals surface area contributed by atoms with Gasteiger partial charge in [-0.1, -0.05) is 0 Å². The van der Waals surface area contributed by atoms with Crippen molar-refractivity contribution < 1.29 is 13.2 Å². The van der Waals surface area contributed by atoms with Crippen molar-refractivity contribution in [3.8, 4) is 11.1 Å². The molecule has 0 aliphatic heterocycles. The summed E-state index contributed by atoms with van der Waals surface area (Å²) in [6.07, 6.45) is 2.66. The molecule has 0 amide bonds. The molecule has 0 saturated carbocycles. The van der Waals surface area contributed by atoms with E-state index in [4.69, 9.17) is 0 Å². The Bertz CT molecular complexity index is 541. The van der Waals surface area contributed by atoms with Crippen molar-refractivity contribution in [2.45, 2.75) is 6.92 Å². The van der Waals surface area contributed by atoms with Gasteiger partial charge in [-0.15, -0.1) is 0 Å². The molecular formula is C11H7F3N2. The average molecular weight is 224 g/mol. The number of halogens is 3. The van der Waals surface area contributed by atoms with Crippen LogP contribution in [-0.2, 0) is 0 Å². The minimum absolute atomic E-state index is 0.0444. The maximum absolute atomic E-state index is 13.5. The molecule has 82 valence electrons. The Hall–Kier alpha value is -1.91. The van der Waals surface area contributed by atoms with Crippen molar-refractivity contribution in [3.05, 3.63) is 47.8 Å². The number of rotatable bonds is 1. The van der Waals surface area contributed by atoms with E-state index in [9.17, 15) is 13.2 Å². The summed E-state index contributed by atoms with van der Waals surface area (Å²) in [6.45, 7) is 1.64. The van der Waals surface area contributed by atoms with Crippen molar-refractivity contribution in [3.63, 3.8) is 0 Å². The molecule has 1 heterocycles. The topological polar surface area (TPSA) is 25.8 Å². The van der Waals surface area contributed by atoms with Crippen LogP contribution in [0.5, 0.6) is 0 Å². The summed E-state index contributed by atoms with van der Waals surface area (Å²) in [7, 11) is 0. The Balaban J connectivity index is 2.66. The van der Waals surface area contributed by atoms with Crippen LogP contribution in [0.15, 0.2) is 24.7 Å². The van der Waals surface area contributed by atoms with Crippen LogP contribution in [0.1, 0.15) is 5.69 Å². The first kappa shape index (κ1) is 10.6. The molecule has 5 heteroatoms. The van der Waals surface area contributed by atoms with E-state index >= 15 is 0 Å². The summed E-state index contributed by atoms with van der Waals surface area (Å²) in [4.78, 5) is 7.58. The maximum Gasteiger partial charge on any atom is 0.195 e. The lowest BCUT2D eigenvalue weighted by Gasteiger charge is -2.06. The second kappa shape index (κ2) is 3.92. The van der Waals surface area contributed by atoms with E-state index in [-0.39, 0.29) is 5.56 Å². The second-order valence-electron chi connectivity index (χ2n) is 3.24. The predicted molar refractivity (Wildman–Crippen MR) is 52.1 cm³/mol. The van der Waals surface area contributed by atoms with Crippen molar-refractivity contribution in [2.24, 2.45) is 0 Å². The van der Waals surface area contributed by atoms with Crippen LogP contribution in [0.2, 0.25) is 0 Å². The lowest BCUT2D eigenvalue weighted by atomic mass is 10.1. The Morgan fingerprint density at radius 1 is 1.00 bits per heavy atom. The van der Waals surface area contributed by atoms with Gasteiger partial charge in [0.25, 0.3) is 0 Å². The molecule has 2 rings (SSSR count). The highest BCUT2D eigenvalue weighted by molar-refractivity contribution is 5.65. The lowest BCUT2D eigenvalue weighted by molar-refractivity contribution is 0.449. The lowest BCUT2D eigenvalue weighted by Crippen LogP contribution is -1.96. The molecule has 0 radical (unpaired) electrons. The van der Waals surface area contributed by atoms with Crippen LogP contribution in [0.25, 0.3) is 11.1 Å². The van der Waals surface area contributed by atoms with Crippen LogP contribution < -0.4 is 0 Å². The van der Waals surface area contributed by atoms with Gasteiger partial charge in [0.2, 0.25) is 0 Å². The average Bonchev–Trinajstić information content (AvgIpc) is 2.28. The van der Waals surface area contributed by atoms with Crippen molar-refractivity contribution in [2.75, 3.05) is 0 Å². The van der Waals surface area contributed by atoms with Crippen LogP contribution in [0.3, 0.4) is 0 Å². The molecule has 0 unspecified atom stereocenters. The maximum atomic E-state index is 13.5. The molecule has 1 aromatic heterocycles. The van der Waals surface area contributed by atoms with E-state index in [1.54, 1.807) is 6.92 Å². The van der Waals surface area contributed by atoms with Gasteiger partial charge in [-0.25, -0.2) is 23.1 Å². The first-order valence-electron chi connectivity index (χ1n) is 4.51. The zero-order valence-electron chi connectivity index (χ0n) is 8.34. The molecule has 2 nitrogen and oxygen atoms in total. The van der Waals surface area contributed by atoms with E-state index < -0.39 is 17.5 Å². The van der Waals surface area contributed by atoms with Gasteiger partial charge in [-0.2, -0.15) is 0 Å². The zero-order chi connectivity index (χ0) is 11.7. The minimum Gasteiger partial charge on any atom is -0.244 e. The summed E-state index contributed by atoms with van der Waals surface area (Å²) < 4.78 is 39.2. The number of hydrogen-bond donors (Lipinski definition) is 0. The third-order valence-electron chi connectivity index (χ3n) is 2.24. The molecule has 0 aliphatic rings. The van der Waals surface area contributed by atoms with Crippen LogP contribution in [0, 0.1) is 24.4 Å². The number of aromatic nitrogens is 2. The Morgan fingerprint density at radius 3 is 2.44 bits per heavy atom. The molecule has 0 saturated heterocycles. The number of nitrogens with zero attached hydrogens (tertiary/aromatic N) is 2. The highest BCUT2D eigenvalue weighted by atomic mass is 19.2. The van der Waals surface area contributed by atoms with Crippen molar-refractivity contribution in [1.82, 2.24) is 9.97 Å². The normalized spacial score (nSPS) is 10.5. The van der Waals surface area contributed by atoms with Gasteiger partial charge < -0.3 is 0 Å². The van der Waals surface area contributed by atoms with Crippen molar-refractivity contribution in [1.29, 1.82) is 0 Å². The standard InChI is InChI=1S/C11H7F3N2/c1-6-8(4-15-5-16-6)7-2-3-9(12)11(14)10(7)13/h2-5H,1H3. The quantitative estimate of drug-likeness (QED) is 0.696. The third kappa shape index (κ3) is 1.64. The molecule has 0 N–H and O–H groups in total. The predicted octanol–water partition coefficient (Wildman–Crippen LogP) is 2.87. The number of hydrogen-bond acceptors (Lipinski definition) is 2. The van der Waals surface area contributed by atoms with Crippen LogP contribution in [-0.4, -0.2) is 9.97 Å². The fourth-order valence-electron chi connectivity index (χ4n) is 1.39. The first-order valence-corrected chi connectivity index (χ1v) is 4.51. The zero-order valence-corrected chi connectivity index (χ0v) is 8.34. The second-order valence-corrected chi connectivity index (χ2v) is 3.24. The van der Waals surface area contributed by atoms with Gasteiger partial charge in [0.1, 0.15) is 6.33 Å². The highest BCUT2D eigenvalue weighted by Gasteiger charge is 2.16. The molecular weight excluding hydrogens is 217 g/mol. The molecule has 0 fully saturated rings. The summed E-state index contributed by atoms with van der Waals surface area (Å²) in [5.41, 5.74) is 0.802. The van der Waals surface area contributed by atoms with Gasteiger partial charge in [0.15, 0.2) is 17.5 Å². The van der Waals surface area contributed by atoms with Gasteiger partial charge in [-0.3, -0.25) is 0 Å². The Labute approximate surface area is 89.8 Å². The SMILES string of the molecule is Cc1ncncc1-c1ccc(F)c(F)c1F. The largest absolute Gasteiger partial charge is 0.244 e. The smallest absolute Gasteiger partial charge is 0.195 e. The molecule has 0 bridgehead atoms. The van der Waals surface area contributed by atoms with Crippen molar-refractivity contribution >= 4 is 0 Å². The number of benzene rings is 1. The van der Waals surface area contributed by atoms with E-state index in [0.717, 1.165) is 6.07 Å². The van der Waals surface area contributed by atoms with Gasteiger partial charge in [0, 0.05) is 23.0 Å². The summed E-state index contributed by atoms with van der Waals surface area (Å²) in [6, 6.07) is 2.04. The van der Waals surface area contributed by atoms with E-state index in [2.05, 4.69) is 9.97 Å². The van der Waals surface area contributed by atoms with Gasteiger partial charge in [-0.05, 0) is 19.1 Å².